The van der Waals surface area contributed by atoms with Gasteiger partial charge in [0.05, 0.1) is 31.4 Å². The van der Waals surface area contributed by atoms with Crippen molar-refractivity contribution >= 4 is 12.0 Å². The molecule has 2 atom stereocenters. The fourth-order valence-electron chi connectivity index (χ4n) is 3.44. The maximum atomic E-state index is 12.9. The third-order valence-corrected chi connectivity index (χ3v) is 4.74. The van der Waals surface area contributed by atoms with Crippen LogP contribution >= 0.6 is 0 Å². The van der Waals surface area contributed by atoms with Crippen LogP contribution in [0.15, 0.2) is 29.5 Å². The molecule has 2 heterocycles. The van der Waals surface area contributed by atoms with Crippen LogP contribution in [0.2, 0.25) is 0 Å². The number of para-hydroxylation sites is 1. The van der Waals surface area contributed by atoms with Gasteiger partial charge in [-0.2, -0.15) is 0 Å². The average molecular weight is 390 g/mol. The predicted octanol–water partition coefficient (Wildman–Crippen LogP) is 2.44. The second-order valence-corrected chi connectivity index (χ2v) is 6.62. The van der Waals surface area contributed by atoms with Gasteiger partial charge < -0.3 is 29.6 Å². The van der Waals surface area contributed by atoms with Gasteiger partial charge in [-0.3, -0.25) is 0 Å². The molecule has 0 spiro atoms. The van der Waals surface area contributed by atoms with Gasteiger partial charge in [0.2, 0.25) is 0 Å². The summed E-state index contributed by atoms with van der Waals surface area (Å²) in [6, 6.07) is 4.23. The van der Waals surface area contributed by atoms with Crippen LogP contribution in [0.4, 0.5) is 4.79 Å². The number of esters is 1. The predicted molar refractivity (Wildman–Crippen MR) is 101 cm³/mol. The summed E-state index contributed by atoms with van der Waals surface area (Å²) in [4.78, 5) is 25.0. The summed E-state index contributed by atoms with van der Waals surface area (Å²) >= 11 is 0. The van der Waals surface area contributed by atoms with Crippen LogP contribution in [0.1, 0.15) is 38.3 Å². The second-order valence-electron chi connectivity index (χ2n) is 6.62. The molecule has 8 heteroatoms. The highest BCUT2D eigenvalue weighted by molar-refractivity contribution is 5.95. The van der Waals surface area contributed by atoms with Crippen molar-refractivity contribution in [3.63, 3.8) is 0 Å². The Balaban J connectivity index is 1.92. The Bertz CT molecular complexity index is 770. The van der Waals surface area contributed by atoms with Crippen LogP contribution < -0.4 is 20.1 Å². The molecule has 2 amide bonds. The minimum absolute atomic E-state index is 0.0785. The summed E-state index contributed by atoms with van der Waals surface area (Å²) < 4.78 is 22.2. The van der Waals surface area contributed by atoms with Crippen LogP contribution in [-0.4, -0.2) is 45.0 Å². The lowest BCUT2D eigenvalue weighted by Gasteiger charge is -2.29. The summed E-state index contributed by atoms with van der Waals surface area (Å²) in [7, 11) is 1.54. The monoisotopic (exact) mass is 390 g/mol. The molecule has 3 rings (SSSR count). The third kappa shape index (κ3) is 4.22. The minimum Gasteiger partial charge on any atom is -0.493 e. The van der Waals surface area contributed by atoms with Crippen molar-refractivity contribution in [2.75, 3.05) is 26.9 Å². The summed E-state index contributed by atoms with van der Waals surface area (Å²) in [6.45, 7) is 4.82. The number of methoxy groups -OCH3 is 1. The van der Waals surface area contributed by atoms with Crippen molar-refractivity contribution in [3.05, 3.63) is 35.0 Å². The average Bonchev–Trinajstić information content (AvgIpc) is 3.19. The minimum atomic E-state index is -0.720. The van der Waals surface area contributed by atoms with Crippen LogP contribution in [0.25, 0.3) is 0 Å². The van der Waals surface area contributed by atoms with E-state index in [-0.39, 0.29) is 12.7 Å². The van der Waals surface area contributed by atoms with Gasteiger partial charge in [-0.25, -0.2) is 9.59 Å². The highest BCUT2D eigenvalue weighted by Gasteiger charge is 2.35. The molecule has 8 nitrogen and oxygen atoms in total. The fraction of sp³-hybridized carbons (Fsp3) is 0.500. The zero-order valence-electron chi connectivity index (χ0n) is 16.4. The molecule has 0 bridgehead atoms. The molecule has 152 valence electrons. The van der Waals surface area contributed by atoms with Crippen molar-refractivity contribution in [2.45, 2.75) is 38.8 Å². The van der Waals surface area contributed by atoms with E-state index in [2.05, 4.69) is 10.6 Å². The first-order chi connectivity index (χ1) is 13.5. The van der Waals surface area contributed by atoms with Gasteiger partial charge in [0.15, 0.2) is 11.5 Å². The van der Waals surface area contributed by atoms with Crippen LogP contribution in [0.3, 0.4) is 0 Å². The Kier molecular flexibility index (Phi) is 6.41. The maximum absolute atomic E-state index is 12.9. The zero-order chi connectivity index (χ0) is 20.1. The Hall–Kier alpha value is -2.74. The van der Waals surface area contributed by atoms with Crippen molar-refractivity contribution in [2.24, 2.45) is 0 Å². The Morgan fingerprint density at radius 1 is 1.36 bits per heavy atom. The highest BCUT2D eigenvalue weighted by atomic mass is 16.6. The van der Waals surface area contributed by atoms with E-state index in [0.717, 1.165) is 12.8 Å². The number of rotatable bonds is 7. The molecule has 1 saturated heterocycles. The zero-order valence-corrected chi connectivity index (χ0v) is 16.4. The number of carbonyl (C=O) groups excluding carboxylic acids is 2. The molecule has 0 radical (unpaired) electrons. The fourth-order valence-corrected chi connectivity index (χ4v) is 3.44. The Labute approximate surface area is 164 Å². The first-order valence-corrected chi connectivity index (χ1v) is 9.41. The van der Waals surface area contributed by atoms with E-state index >= 15 is 0 Å². The van der Waals surface area contributed by atoms with Gasteiger partial charge >= 0.3 is 12.0 Å². The summed E-state index contributed by atoms with van der Waals surface area (Å²) in [5.74, 6) is 0.504. The highest BCUT2D eigenvalue weighted by Crippen LogP contribution is 2.39. The molecular weight excluding hydrogens is 364 g/mol. The lowest BCUT2D eigenvalue weighted by atomic mass is 9.94. The molecule has 2 aliphatic rings. The number of urea groups is 1. The number of carbonyl (C=O) groups is 2. The van der Waals surface area contributed by atoms with E-state index in [1.54, 1.807) is 32.2 Å². The van der Waals surface area contributed by atoms with E-state index in [1.807, 2.05) is 6.92 Å². The molecule has 1 aromatic carbocycles. The molecule has 28 heavy (non-hydrogen) atoms. The topological polar surface area (TPSA) is 95.1 Å². The molecule has 1 aromatic rings. The van der Waals surface area contributed by atoms with Gasteiger partial charge in [-0.05, 0) is 32.8 Å². The lowest BCUT2D eigenvalue weighted by molar-refractivity contribution is -0.142. The quantitative estimate of drug-likeness (QED) is 0.695. The van der Waals surface area contributed by atoms with E-state index in [9.17, 15) is 9.59 Å². The second kappa shape index (κ2) is 8.97. The molecule has 1 fully saturated rings. The van der Waals surface area contributed by atoms with Crippen molar-refractivity contribution in [3.8, 4) is 11.5 Å². The van der Waals surface area contributed by atoms with E-state index in [0.29, 0.717) is 41.5 Å². The van der Waals surface area contributed by atoms with Gasteiger partial charge in [0.1, 0.15) is 6.61 Å². The van der Waals surface area contributed by atoms with Crippen molar-refractivity contribution < 1.29 is 28.5 Å². The number of ether oxygens (including phenoxy) is 4. The van der Waals surface area contributed by atoms with Crippen LogP contribution in [-0.2, 0) is 14.3 Å². The summed E-state index contributed by atoms with van der Waals surface area (Å²) in [5, 5.41) is 5.44. The summed E-state index contributed by atoms with van der Waals surface area (Å²) in [6.07, 6.45) is 1.75. The molecule has 2 N–H and O–H groups in total. The summed E-state index contributed by atoms with van der Waals surface area (Å²) in [5.41, 5.74) is 1.39. The number of nitrogens with one attached hydrogen (secondary N) is 2. The maximum Gasteiger partial charge on any atom is 0.338 e. The van der Waals surface area contributed by atoms with E-state index in [4.69, 9.17) is 18.9 Å². The number of hydrogen-bond donors (Lipinski definition) is 2. The van der Waals surface area contributed by atoms with E-state index in [1.165, 1.54) is 0 Å². The number of hydrogen-bond acceptors (Lipinski definition) is 6. The smallest absolute Gasteiger partial charge is 0.338 e. The number of benzene rings is 1. The standard InChI is InChI=1S/C20H26N2O6/c1-4-26-18-14(8-5-9-15(18)25-3)17-16(12(2)21-20(24)22-17)19(23)28-11-13-7-6-10-27-13/h5,8-9,13,17H,4,6-7,10-11H2,1-3H3,(H2,21,22,24)/t13-,17+/m0/s1. The van der Waals surface area contributed by atoms with E-state index < -0.39 is 18.0 Å². The number of allylic oxidation sites excluding steroid dienone is 1. The van der Waals surface area contributed by atoms with Crippen LogP contribution in [0.5, 0.6) is 11.5 Å². The van der Waals surface area contributed by atoms with Crippen molar-refractivity contribution in [1.29, 1.82) is 0 Å². The van der Waals surface area contributed by atoms with Gasteiger partial charge in [0, 0.05) is 17.9 Å². The first-order valence-electron chi connectivity index (χ1n) is 9.41. The molecule has 0 saturated carbocycles. The lowest BCUT2D eigenvalue weighted by Crippen LogP contribution is -2.45. The molecular formula is C20H26N2O6. The third-order valence-electron chi connectivity index (χ3n) is 4.74. The molecule has 2 aliphatic heterocycles. The number of amides is 2. The largest absolute Gasteiger partial charge is 0.493 e. The SMILES string of the molecule is CCOc1c(OC)cccc1[C@H]1NC(=O)NC(C)=C1C(=O)OC[C@@H]1CCCO1. The Morgan fingerprint density at radius 3 is 2.86 bits per heavy atom. The van der Waals surface area contributed by atoms with Crippen LogP contribution in [0, 0.1) is 0 Å². The van der Waals surface area contributed by atoms with Gasteiger partial charge in [0.25, 0.3) is 0 Å². The molecule has 0 unspecified atom stereocenters. The van der Waals surface area contributed by atoms with Crippen molar-refractivity contribution in [1.82, 2.24) is 10.6 Å². The molecule has 0 aromatic heterocycles. The molecule has 0 aliphatic carbocycles. The van der Waals surface area contributed by atoms with Gasteiger partial charge in [-0.1, -0.05) is 12.1 Å². The first kappa shape index (κ1) is 20.0. The normalized spacial score (nSPS) is 21.8. The Morgan fingerprint density at radius 2 is 2.18 bits per heavy atom. The van der Waals surface area contributed by atoms with Gasteiger partial charge in [-0.15, -0.1) is 0 Å².